The molecule has 0 bridgehead atoms. The minimum atomic E-state index is -0.381. The molecule has 20 heavy (non-hydrogen) atoms. The monoisotopic (exact) mass is 285 g/mol. The first-order valence-electron chi connectivity index (χ1n) is 8.54. The number of hydrogen-bond donors (Lipinski definition) is 2. The molecule has 3 nitrogen and oxygen atoms in total. The van der Waals surface area contributed by atoms with Crippen LogP contribution in [0.15, 0.2) is 0 Å². The average Bonchev–Trinajstić information content (AvgIpc) is 2.42. The molecule has 3 heteroatoms. The maximum absolute atomic E-state index is 9.97. The molecule has 0 aromatic heterocycles. The average molecular weight is 285 g/mol. The van der Waals surface area contributed by atoms with Gasteiger partial charge < -0.3 is 15.2 Å². The first-order chi connectivity index (χ1) is 9.51. The SMILES string of the molecule is CCC1CCC(NCC(O)COC(C)CC(C)C)CC1. The van der Waals surface area contributed by atoms with E-state index in [-0.39, 0.29) is 12.2 Å². The highest BCUT2D eigenvalue weighted by Gasteiger charge is 2.20. The number of nitrogens with one attached hydrogen (secondary N) is 1. The summed E-state index contributed by atoms with van der Waals surface area (Å²) in [5, 5.41) is 13.5. The van der Waals surface area contributed by atoms with Gasteiger partial charge in [-0.2, -0.15) is 0 Å². The molecule has 0 aromatic rings. The molecule has 0 aromatic carbocycles. The van der Waals surface area contributed by atoms with Gasteiger partial charge in [-0.15, -0.1) is 0 Å². The first kappa shape index (κ1) is 17.9. The van der Waals surface area contributed by atoms with Crippen LogP contribution in [-0.4, -0.2) is 36.5 Å². The predicted octanol–water partition coefficient (Wildman–Crippen LogP) is 3.36. The molecular weight excluding hydrogens is 250 g/mol. The van der Waals surface area contributed by atoms with E-state index in [9.17, 15) is 5.11 Å². The molecule has 0 heterocycles. The van der Waals surface area contributed by atoms with Gasteiger partial charge in [-0.3, -0.25) is 0 Å². The van der Waals surface area contributed by atoms with Crippen molar-refractivity contribution in [2.75, 3.05) is 13.2 Å². The molecule has 0 spiro atoms. The van der Waals surface area contributed by atoms with Crippen LogP contribution in [0.1, 0.15) is 66.2 Å². The van der Waals surface area contributed by atoms with Crippen molar-refractivity contribution < 1.29 is 9.84 Å². The third-order valence-electron chi connectivity index (χ3n) is 4.44. The molecule has 1 saturated carbocycles. The van der Waals surface area contributed by atoms with Gasteiger partial charge in [-0.1, -0.05) is 27.2 Å². The Morgan fingerprint density at radius 1 is 1.15 bits per heavy atom. The van der Waals surface area contributed by atoms with Gasteiger partial charge >= 0.3 is 0 Å². The number of ether oxygens (including phenoxy) is 1. The van der Waals surface area contributed by atoms with Crippen molar-refractivity contribution in [3.05, 3.63) is 0 Å². The zero-order valence-corrected chi connectivity index (χ0v) is 13.9. The molecule has 1 fully saturated rings. The zero-order chi connectivity index (χ0) is 15.0. The largest absolute Gasteiger partial charge is 0.389 e. The lowest BCUT2D eigenvalue weighted by Crippen LogP contribution is -2.39. The van der Waals surface area contributed by atoms with Gasteiger partial charge in [0.05, 0.1) is 18.8 Å². The number of hydrogen-bond acceptors (Lipinski definition) is 3. The summed E-state index contributed by atoms with van der Waals surface area (Å²) in [4.78, 5) is 0. The van der Waals surface area contributed by atoms with Crippen molar-refractivity contribution in [1.29, 1.82) is 0 Å². The summed E-state index contributed by atoms with van der Waals surface area (Å²) in [6.45, 7) is 9.89. The minimum absolute atomic E-state index is 0.240. The van der Waals surface area contributed by atoms with Crippen LogP contribution in [0, 0.1) is 11.8 Å². The summed E-state index contributed by atoms with van der Waals surface area (Å²) in [5.41, 5.74) is 0. The molecule has 1 aliphatic carbocycles. The van der Waals surface area contributed by atoms with Crippen LogP contribution in [-0.2, 0) is 4.74 Å². The Bertz CT molecular complexity index is 237. The molecule has 0 radical (unpaired) electrons. The van der Waals surface area contributed by atoms with Gasteiger partial charge in [0.2, 0.25) is 0 Å². The summed E-state index contributed by atoms with van der Waals surface area (Å²) in [6.07, 6.45) is 7.43. The van der Waals surface area contributed by atoms with Crippen molar-refractivity contribution in [3.8, 4) is 0 Å². The smallest absolute Gasteiger partial charge is 0.0897 e. The van der Waals surface area contributed by atoms with Crippen LogP contribution in [0.5, 0.6) is 0 Å². The zero-order valence-electron chi connectivity index (χ0n) is 13.9. The fourth-order valence-corrected chi connectivity index (χ4v) is 3.14. The second-order valence-corrected chi connectivity index (χ2v) is 6.96. The quantitative estimate of drug-likeness (QED) is 0.682. The second-order valence-electron chi connectivity index (χ2n) is 6.96. The molecule has 0 amide bonds. The highest BCUT2D eigenvalue weighted by atomic mass is 16.5. The van der Waals surface area contributed by atoms with Gasteiger partial charge in [-0.05, 0) is 50.9 Å². The summed E-state index contributed by atoms with van der Waals surface area (Å²) >= 11 is 0. The van der Waals surface area contributed by atoms with E-state index < -0.39 is 0 Å². The maximum Gasteiger partial charge on any atom is 0.0897 e. The van der Waals surface area contributed by atoms with Crippen LogP contribution in [0.3, 0.4) is 0 Å². The van der Waals surface area contributed by atoms with Crippen molar-refractivity contribution in [2.24, 2.45) is 11.8 Å². The van der Waals surface area contributed by atoms with E-state index in [2.05, 4.69) is 33.0 Å². The highest BCUT2D eigenvalue weighted by molar-refractivity contribution is 4.77. The Kier molecular flexibility index (Phi) is 8.74. The van der Waals surface area contributed by atoms with Crippen LogP contribution >= 0.6 is 0 Å². The van der Waals surface area contributed by atoms with E-state index in [1.807, 2.05) is 0 Å². The predicted molar refractivity (Wildman–Crippen MR) is 84.9 cm³/mol. The summed E-state index contributed by atoms with van der Waals surface area (Å²) in [7, 11) is 0. The summed E-state index contributed by atoms with van der Waals surface area (Å²) in [6, 6.07) is 0.598. The Hall–Kier alpha value is -0.120. The Balaban J connectivity index is 2.06. The van der Waals surface area contributed by atoms with Gasteiger partial charge in [-0.25, -0.2) is 0 Å². The highest BCUT2D eigenvalue weighted by Crippen LogP contribution is 2.26. The number of aliphatic hydroxyl groups excluding tert-OH is 1. The molecule has 2 atom stereocenters. The van der Waals surface area contributed by atoms with Crippen molar-refractivity contribution in [2.45, 2.75) is 84.5 Å². The van der Waals surface area contributed by atoms with Crippen LogP contribution in [0.2, 0.25) is 0 Å². The lowest BCUT2D eigenvalue weighted by atomic mass is 9.84. The van der Waals surface area contributed by atoms with E-state index >= 15 is 0 Å². The third-order valence-corrected chi connectivity index (χ3v) is 4.44. The van der Waals surface area contributed by atoms with Crippen molar-refractivity contribution in [3.63, 3.8) is 0 Å². The van der Waals surface area contributed by atoms with E-state index in [0.29, 0.717) is 25.1 Å². The first-order valence-corrected chi connectivity index (χ1v) is 8.54. The van der Waals surface area contributed by atoms with Crippen LogP contribution in [0.4, 0.5) is 0 Å². The Morgan fingerprint density at radius 2 is 1.80 bits per heavy atom. The van der Waals surface area contributed by atoms with Crippen LogP contribution in [0.25, 0.3) is 0 Å². The molecular formula is C17H35NO2. The fourth-order valence-electron chi connectivity index (χ4n) is 3.14. The molecule has 2 N–H and O–H groups in total. The van der Waals surface area contributed by atoms with Gasteiger partial charge in [0, 0.05) is 12.6 Å². The number of aliphatic hydroxyl groups is 1. The number of rotatable bonds is 9. The third kappa shape index (κ3) is 7.61. The van der Waals surface area contributed by atoms with E-state index in [1.54, 1.807) is 0 Å². The molecule has 120 valence electrons. The fraction of sp³-hybridized carbons (Fsp3) is 1.00. The van der Waals surface area contributed by atoms with E-state index in [4.69, 9.17) is 4.74 Å². The topological polar surface area (TPSA) is 41.5 Å². The summed E-state index contributed by atoms with van der Waals surface area (Å²) in [5.74, 6) is 1.58. The molecule has 2 unspecified atom stereocenters. The summed E-state index contributed by atoms with van der Waals surface area (Å²) < 4.78 is 5.70. The standard InChI is InChI=1S/C17H35NO2/c1-5-15-6-8-16(9-7-15)18-11-17(19)12-20-14(4)10-13(2)3/h13-19H,5-12H2,1-4H3. The Morgan fingerprint density at radius 3 is 2.35 bits per heavy atom. The van der Waals surface area contributed by atoms with E-state index in [1.165, 1.54) is 32.1 Å². The van der Waals surface area contributed by atoms with E-state index in [0.717, 1.165) is 12.3 Å². The van der Waals surface area contributed by atoms with Crippen LogP contribution < -0.4 is 5.32 Å². The van der Waals surface area contributed by atoms with Gasteiger partial charge in [0.15, 0.2) is 0 Å². The molecule has 0 saturated heterocycles. The maximum atomic E-state index is 9.97. The lowest BCUT2D eigenvalue weighted by Gasteiger charge is -2.29. The normalized spacial score (nSPS) is 26.7. The Labute approximate surface area is 125 Å². The van der Waals surface area contributed by atoms with Crippen molar-refractivity contribution >= 4 is 0 Å². The lowest BCUT2D eigenvalue weighted by molar-refractivity contribution is -0.00973. The van der Waals surface area contributed by atoms with Gasteiger partial charge in [0.1, 0.15) is 0 Å². The van der Waals surface area contributed by atoms with Crippen molar-refractivity contribution in [1.82, 2.24) is 5.32 Å². The molecule has 1 aliphatic rings. The van der Waals surface area contributed by atoms with Gasteiger partial charge in [0.25, 0.3) is 0 Å². The second kappa shape index (κ2) is 9.75. The molecule has 0 aliphatic heterocycles. The molecule has 1 rings (SSSR count). The minimum Gasteiger partial charge on any atom is -0.389 e.